The van der Waals surface area contributed by atoms with Gasteiger partial charge in [-0.2, -0.15) is 0 Å². The summed E-state index contributed by atoms with van der Waals surface area (Å²) in [6, 6.07) is 70.8. The lowest BCUT2D eigenvalue weighted by molar-refractivity contribution is 1.56. The van der Waals surface area contributed by atoms with Gasteiger partial charge in [0.1, 0.15) is 0 Å². The molecule has 0 atom stereocenters. The predicted molar refractivity (Wildman–Crippen MR) is 206 cm³/mol. The summed E-state index contributed by atoms with van der Waals surface area (Å²) >= 11 is 0. The van der Waals surface area contributed by atoms with E-state index in [0.717, 1.165) is 0 Å². The maximum absolute atomic E-state index is 2.39. The van der Waals surface area contributed by atoms with Gasteiger partial charge in [0, 0.05) is 0 Å². The van der Waals surface area contributed by atoms with Crippen LogP contribution in [0.25, 0.3) is 88.0 Å². The first-order valence-corrected chi connectivity index (χ1v) is 16.6. The Morgan fingerprint density at radius 1 is 0.146 bits per heavy atom. The van der Waals surface area contributed by atoms with Crippen molar-refractivity contribution in [3.63, 3.8) is 0 Å². The monoisotopic (exact) mass is 608 g/mol. The van der Waals surface area contributed by atoms with Crippen molar-refractivity contribution >= 4 is 32.3 Å². The van der Waals surface area contributed by atoms with E-state index in [0.29, 0.717) is 0 Å². The van der Waals surface area contributed by atoms with Gasteiger partial charge in [-0.1, -0.05) is 158 Å². The third kappa shape index (κ3) is 5.05. The Labute approximate surface area is 281 Å². The molecular weight excluding hydrogens is 577 g/mol. The molecule has 0 spiro atoms. The summed E-state index contributed by atoms with van der Waals surface area (Å²) in [5.74, 6) is 0. The van der Waals surface area contributed by atoms with E-state index in [4.69, 9.17) is 0 Å². The van der Waals surface area contributed by atoms with Crippen molar-refractivity contribution in [1.29, 1.82) is 0 Å². The van der Waals surface area contributed by atoms with Crippen molar-refractivity contribution in [2.75, 3.05) is 0 Å². The van der Waals surface area contributed by atoms with E-state index in [1.54, 1.807) is 0 Å². The fraction of sp³-hybridized carbons (Fsp3) is 0. The third-order valence-corrected chi connectivity index (χ3v) is 9.62. The standard InChI is InChI=1S/C48H32/c1-3-13-33(14-4-1)35-17-11-18-36(27-35)37-19-12-20-38(28-37)41-29-40(34-15-5-2-6-16-34)30-42(31-41)39-25-26-47-45-23-8-7-21-43(45)44-22-9-10-24-46(44)48(47)32-39/h1-32H. The molecule has 0 unspecified atom stereocenters. The van der Waals surface area contributed by atoms with E-state index in [1.807, 2.05) is 0 Å². The Kier molecular flexibility index (Phi) is 6.91. The van der Waals surface area contributed by atoms with Crippen LogP contribution < -0.4 is 0 Å². The first-order valence-electron chi connectivity index (χ1n) is 16.6. The number of hydrogen-bond acceptors (Lipinski definition) is 0. The van der Waals surface area contributed by atoms with Crippen LogP contribution in [-0.4, -0.2) is 0 Å². The van der Waals surface area contributed by atoms with E-state index >= 15 is 0 Å². The molecule has 0 aliphatic heterocycles. The fourth-order valence-electron chi connectivity index (χ4n) is 7.23. The number of rotatable bonds is 5. The van der Waals surface area contributed by atoms with Crippen molar-refractivity contribution in [3.8, 4) is 55.6 Å². The zero-order valence-corrected chi connectivity index (χ0v) is 26.5. The molecular formula is C48H32. The van der Waals surface area contributed by atoms with Crippen LogP contribution in [0.15, 0.2) is 194 Å². The van der Waals surface area contributed by atoms with Crippen molar-refractivity contribution in [1.82, 2.24) is 0 Å². The normalized spacial score (nSPS) is 11.3. The second kappa shape index (κ2) is 11.8. The third-order valence-electron chi connectivity index (χ3n) is 9.62. The van der Waals surface area contributed by atoms with Gasteiger partial charge in [0.25, 0.3) is 0 Å². The lowest BCUT2D eigenvalue weighted by Crippen LogP contribution is -1.88. The molecule has 0 aromatic heterocycles. The molecule has 0 aliphatic rings. The summed E-state index contributed by atoms with van der Waals surface area (Å²) in [6.45, 7) is 0. The van der Waals surface area contributed by atoms with Gasteiger partial charge in [0.2, 0.25) is 0 Å². The summed E-state index contributed by atoms with van der Waals surface area (Å²) in [7, 11) is 0. The Balaban J connectivity index is 1.21. The Morgan fingerprint density at radius 3 is 0.938 bits per heavy atom. The highest BCUT2D eigenvalue weighted by Crippen LogP contribution is 2.39. The van der Waals surface area contributed by atoms with Crippen LogP contribution in [-0.2, 0) is 0 Å². The lowest BCUT2D eigenvalue weighted by Gasteiger charge is -2.15. The molecule has 224 valence electrons. The first kappa shape index (κ1) is 28.0. The molecule has 0 radical (unpaired) electrons. The highest BCUT2D eigenvalue weighted by atomic mass is 14.2. The first-order chi connectivity index (χ1) is 23.8. The predicted octanol–water partition coefficient (Wildman–Crippen LogP) is 13.5. The maximum atomic E-state index is 2.39. The molecule has 0 bridgehead atoms. The second-order valence-electron chi connectivity index (χ2n) is 12.5. The van der Waals surface area contributed by atoms with Gasteiger partial charge in [0.15, 0.2) is 0 Å². The minimum atomic E-state index is 1.20. The highest BCUT2D eigenvalue weighted by molar-refractivity contribution is 6.25. The Morgan fingerprint density at radius 2 is 0.438 bits per heavy atom. The molecule has 0 saturated carbocycles. The average molecular weight is 609 g/mol. The molecule has 9 rings (SSSR count). The lowest BCUT2D eigenvalue weighted by atomic mass is 9.89. The fourth-order valence-corrected chi connectivity index (χ4v) is 7.23. The van der Waals surface area contributed by atoms with Crippen LogP contribution in [0.4, 0.5) is 0 Å². The number of fused-ring (bicyclic) bond motifs is 6. The van der Waals surface area contributed by atoms with Gasteiger partial charge in [-0.3, -0.25) is 0 Å². The van der Waals surface area contributed by atoms with E-state index in [9.17, 15) is 0 Å². The van der Waals surface area contributed by atoms with Gasteiger partial charge in [0.05, 0.1) is 0 Å². The molecule has 0 amide bonds. The van der Waals surface area contributed by atoms with Crippen LogP contribution >= 0.6 is 0 Å². The van der Waals surface area contributed by atoms with Crippen LogP contribution in [0.3, 0.4) is 0 Å². The minimum Gasteiger partial charge on any atom is -0.0622 e. The largest absolute Gasteiger partial charge is 0.0622 e. The van der Waals surface area contributed by atoms with Crippen molar-refractivity contribution in [3.05, 3.63) is 194 Å². The van der Waals surface area contributed by atoms with Crippen molar-refractivity contribution in [2.24, 2.45) is 0 Å². The zero-order chi connectivity index (χ0) is 31.9. The summed E-state index contributed by atoms with van der Waals surface area (Å²) < 4.78 is 0. The summed E-state index contributed by atoms with van der Waals surface area (Å²) in [5.41, 5.74) is 12.1. The molecule has 0 heteroatoms. The van der Waals surface area contributed by atoms with E-state index < -0.39 is 0 Å². The van der Waals surface area contributed by atoms with Gasteiger partial charge in [-0.25, -0.2) is 0 Å². The molecule has 9 aromatic rings. The van der Waals surface area contributed by atoms with Gasteiger partial charge in [-0.15, -0.1) is 0 Å². The van der Waals surface area contributed by atoms with Crippen molar-refractivity contribution < 1.29 is 0 Å². The van der Waals surface area contributed by atoms with Crippen LogP contribution in [0.1, 0.15) is 0 Å². The average Bonchev–Trinajstić information content (AvgIpc) is 3.18. The summed E-state index contributed by atoms with van der Waals surface area (Å²) in [6.07, 6.45) is 0. The molecule has 0 heterocycles. The smallest absolute Gasteiger partial charge is 0.00928 e. The van der Waals surface area contributed by atoms with E-state index in [-0.39, 0.29) is 0 Å². The van der Waals surface area contributed by atoms with Gasteiger partial charge >= 0.3 is 0 Å². The van der Waals surface area contributed by atoms with Crippen LogP contribution in [0.5, 0.6) is 0 Å². The van der Waals surface area contributed by atoms with E-state index in [2.05, 4.69) is 194 Å². The quantitative estimate of drug-likeness (QED) is 0.171. The number of hydrogen-bond donors (Lipinski definition) is 0. The minimum absolute atomic E-state index is 1.20. The van der Waals surface area contributed by atoms with Gasteiger partial charge in [-0.05, 0) is 124 Å². The Hall–Kier alpha value is -6.24. The topological polar surface area (TPSA) is 0 Å². The van der Waals surface area contributed by atoms with E-state index in [1.165, 1.54) is 88.0 Å². The maximum Gasteiger partial charge on any atom is -0.00928 e. The van der Waals surface area contributed by atoms with Gasteiger partial charge < -0.3 is 0 Å². The van der Waals surface area contributed by atoms with Crippen molar-refractivity contribution in [2.45, 2.75) is 0 Å². The second-order valence-corrected chi connectivity index (χ2v) is 12.5. The molecule has 0 aliphatic carbocycles. The molecule has 9 aromatic carbocycles. The number of benzene rings is 9. The van der Waals surface area contributed by atoms with Crippen LogP contribution in [0, 0.1) is 0 Å². The Bertz CT molecular complexity index is 2560. The van der Waals surface area contributed by atoms with Crippen LogP contribution in [0.2, 0.25) is 0 Å². The summed E-state index contributed by atoms with van der Waals surface area (Å²) in [4.78, 5) is 0. The molecule has 0 saturated heterocycles. The molecule has 0 nitrogen and oxygen atoms in total. The summed E-state index contributed by atoms with van der Waals surface area (Å²) in [5, 5.41) is 7.76. The highest BCUT2D eigenvalue weighted by Gasteiger charge is 2.13. The molecule has 48 heavy (non-hydrogen) atoms. The SMILES string of the molecule is c1ccc(-c2cccc(-c3cccc(-c4cc(-c5ccccc5)cc(-c5ccc6c7ccccc7c7ccccc7c6c5)c4)c3)c2)cc1. The molecule has 0 fully saturated rings. The molecule has 0 N–H and O–H groups in total. The zero-order valence-electron chi connectivity index (χ0n) is 26.5.